The molecule has 22 heavy (non-hydrogen) atoms. The Hall–Kier alpha value is -2.44. The molecule has 0 saturated heterocycles. The smallest absolute Gasteiger partial charge is 0.319 e. The summed E-state index contributed by atoms with van der Waals surface area (Å²) in [6, 6.07) is 8.02. The van der Waals surface area contributed by atoms with Crippen molar-refractivity contribution in [3.8, 4) is 0 Å². The van der Waals surface area contributed by atoms with Crippen LogP contribution in [0.4, 0.5) is 8.78 Å². The highest BCUT2D eigenvalue weighted by atomic mass is 19.3. The number of hydrogen-bond donors (Lipinski definition) is 2. The monoisotopic (exact) mass is 307 g/mol. The first kappa shape index (κ1) is 15.9. The Kier molecular flexibility index (Phi) is 5.46. The third-order valence-electron chi connectivity index (χ3n) is 3.30. The van der Waals surface area contributed by atoms with Gasteiger partial charge < -0.3 is 10.6 Å². The summed E-state index contributed by atoms with van der Waals surface area (Å²) in [6.07, 6.45) is 2.61. The first-order valence-corrected chi connectivity index (χ1v) is 6.90. The summed E-state index contributed by atoms with van der Waals surface area (Å²) >= 11 is 0. The molecule has 0 amide bonds. The van der Waals surface area contributed by atoms with Gasteiger partial charge in [0.2, 0.25) is 0 Å². The molecule has 2 aromatic rings. The van der Waals surface area contributed by atoms with Gasteiger partial charge in [-0.3, -0.25) is 9.56 Å². The first-order valence-electron chi connectivity index (χ1n) is 6.90. The number of rotatable bonds is 5. The van der Waals surface area contributed by atoms with Crippen LogP contribution in [0.2, 0.25) is 0 Å². The van der Waals surface area contributed by atoms with E-state index in [0.29, 0.717) is 12.5 Å². The zero-order valence-corrected chi connectivity index (χ0v) is 12.6. The molecule has 0 unspecified atom stereocenters. The highest BCUT2D eigenvalue weighted by Crippen LogP contribution is 2.12. The van der Waals surface area contributed by atoms with Gasteiger partial charge in [0.15, 0.2) is 5.96 Å². The van der Waals surface area contributed by atoms with Crippen molar-refractivity contribution in [3.05, 3.63) is 53.6 Å². The van der Waals surface area contributed by atoms with Crippen molar-refractivity contribution < 1.29 is 8.78 Å². The number of hydrogen-bond acceptors (Lipinski definition) is 2. The molecule has 5 nitrogen and oxygen atoms in total. The maximum atomic E-state index is 12.7. The Morgan fingerprint density at radius 1 is 1.27 bits per heavy atom. The fraction of sp³-hybridized carbons (Fsp3) is 0.333. The van der Waals surface area contributed by atoms with Crippen molar-refractivity contribution in [2.75, 3.05) is 7.05 Å². The number of halogens is 2. The molecule has 2 rings (SSSR count). The predicted molar refractivity (Wildman–Crippen MR) is 81.7 cm³/mol. The average Bonchev–Trinajstić information content (AvgIpc) is 2.98. The highest BCUT2D eigenvalue weighted by Gasteiger charge is 2.11. The van der Waals surface area contributed by atoms with Crippen molar-refractivity contribution in [2.24, 2.45) is 4.99 Å². The van der Waals surface area contributed by atoms with E-state index in [9.17, 15) is 8.78 Å². The fourth-order valence-corrected chi connectivity index (χ4v) is 2.03. The van der Waals surface area contributed by atoms with Gasteiger partial charge in [-0.25, -0.2) is 4.98 Å². The van der Waals surface area contributed by atoms with Gasteiger partial charge in [0.1, 0.15) is 5.82 Å². The quantitative estimate of drug-likeness (QED) is 0.659. The van der Waals surface area contributed by atoms with E-state index in [0.717, 1.165) is 10.1 Å². The van der Waals surface area contributed by atoms with Crippen LogP contribution in [0.25, 0.3) is 0 Å². The molecule has 0 fully saturated rings. The Morgan fingerprint density at radius 2 is 2.00 bits per heavy atom. The maximum absolute atomic E-state index is 12.7. The van der Waals surface area contributed by atoms with Gasteiger partial charge in [0, 0.05) is 26.0 Å². The molecular formula is C15H19F2N5. The summed E-state index contributed by atoms with van der Waals surface area (Å²) in [4.78, 5) is 7.99. The Balaban J connectivity index is 1.90. The van der Waals surface area contributed by atoms with Crippen molar-refractivity contribution in [1.82, 2.24) is 20.2 Å². The molecule has 0 saturated carbocycles. The SMILES string of the molecule is CN=C(NCc1ccccc1C)NCc1nccn1C(F)F. The summed E-state index contributed by atoms with van der Waals surface area (Å²) in [5, 5.41) is 6.13. The second kappa shape index (κ2) is 7.53. The van der Waals surface area contributed by atoms with Gasteiger partial charge in [-0.05, 0) is 18.1 Å². The van der Waals surface area contributed by atoms with Gasteiger partial charge >= 0.3 is 6.55 Å². The molecule has 0 bridgehead atoms. The summed E-state index contributed by atoms with van der Waals surface area (Å²) in [5.74, 6) is 0.793. The van der Waals surface area contributed by atoms with Gasteiger partial charge in [-0.15, -0.1) is 0 Å². The number of imidazole rings is 1. The summed E-state index contributed by atoms with van der Waals surface area (Å²) in [6.45, 7) is 0.216. The molecular weight excluding hydrogens is 288 g/mol. The van der Waals surface area contributed by atoms with Crippen molar-refractivity contribution in [2.45, 2.75) is 26.6 Å². The van der Waals surface area contributed by atoms with Crippen LogP contribution in [0.5, 0.6) is 0 Å². The highest BCUT2D eigenvalue weighted by molar-refractivity contribution is 5.79. The molecule has 0 atom stereocenters. The van der Waals surface area contributed by atoms with Crippen LogP contribution in [-0.2, 0) is 13.1 Å². The lowest BCUT2D eigenvalue weighted by atomic mass is 10.1. The normalized spacial score (nSPS) is 11.8. The predicted octanol–water partition coefficient (Wildman–Crippen LogP) is 2.45. The van der Waals surface area contributed by atoms with Gasteiger partial charge in [-0.1, -0.05) is 24.3 Å². The van der Waals surface area contributed by atoms with Gasteiger partial charge in [0.05, 0.1) is 6.54 Å². The van der Waals surface area contributed by atoms with Gasteiger partial charge in [0.25, 0.3) is 0 Å². The Bertz CT molecular complexity index is 636. The Morgan fingerprint density at radius 3 is 2.68 bits per heavy atom. The van der Waals surface area contributed by atoms with E-state index in [2.05, 4.69) is 20.6 Å². The molecule has 0 aliphatic heterocycles. The Labute approximate surface area is 128 Å². The van der Waals surface area contributed by atoms with Crippen LogP contribution in [0.3, 0.4) is 0 Å². The standard InChI is InChI=1S/C15H19F2N5/c1-11-5-3-4-6-12(11)9-20-15(18-2)21-10-13-19-7-8-22(13)14(16)17/h3-8,14H,9-10H2,1-2H3,(H2,18,20,21). The molecule has 2 N–H and O–H groups in total. The number of nitrogens with one attached hydrogen (secondary N) is 2. The maximum Gasteiger partial charge on any atom is 0.319 e. The number of aryl methyl sites for hydroxylation is 1. The van der Waals surface area contributed by atoms with Crippen molar-refractivity contribution in [1.29, 1.82) is 0 Å². The molecule has 7 heteroatoms. The molecule has 0 radical (unpaired) electrons. The van der Waals surface area contributed by atoms with E-state index >= 15 is 0 Å². The lowest BCUT2D eigenvalue weighted by Gasteiger charge is -2.13. The zero-order chi connectivity index (χ0) is 15.9. The van der Waals surface area contributed by atoms with E-state index in [4.69, 9.17) is 0 Å². The molecule has 0 aliphatic rings. The minimum atomic E-state index is -2.60. The number of benzene rings is 1. The van der Waals surface area contributed by atoms with Crippen LogP contribution >= 0.6 is 0 Å². The number of guanidine groups is 1. The largest absolute Gasteiger partial charge is 0.352 e. The molecule has 0 spiro atoms. The third-order valence-corrected chi connectivity index (χ3v) is 3.30. The number of nitrogens with zero attached hydrogens (tertiary/aromatic N) is 3. The average molecular weight is 307 g/mol. The first-order chi connectivity index (χ1) is 10.6. The number of aliphatic imine (C=N–C) groups is 1. The molecule has 0 aliphatic carbocycles. The van der Waals surface area contributed by atoms with E-state index in [1.807, 2.05) is 31.2 Å². The summed E-state index contributed by atoms with van der Waals surface area (Å²) in [5.41, 5.74) is 2.33. The van der Waals surface area contributed by atoms with Crippen molar-refractivity contribution >= 4 is 5.96 Å². The third kappa shape index (κ3) is 4.03. The second-order valence-electron chi connectivity index (χ2n) is 4.73. The zero-order valence-electron chi connectivity index (χ0n) is 12.6. The van der Waals surface area contributed by atoms with E-state index in [-0.39, 0.29) is 12.4 Å². The molecule has 118 valence electrons. The van der Waals surface area contributed by atoms with E-state index in [1.54, 1.807) is 7.05 Å². The fourth-order valence-electron chi connectivity index (χ4n) is 2.03. The van der Waals surface area contributed by atoms with E-state index in [1.165, 1.54) is 18.0 Å². The second-order valence-corrected chi connectivity index (χ2v) is 4.73. The van der Waals surface area contributed by atoms with Crippen LogP contribution < -0.4 is 10.6 Å². The summed E-state index contributed by atoms with van der Waals surface area (Å²) in [7, 11) is 1.63. The van der Waals surface area contributed by atoms with Crippen LogP contribution in [0.15, 0.2) is 41.7 Å². The summed E-state index contributed by atoms with van der Waals surface area (Å²) < 4.78 is 26.3. The number of aromatic nitrogens is 2. The number of alkyl halides is 2. The minimum absolute atomic E-state index is 0.171. The lowest BCUT2D eigenvalue weighted by molar-refractivity contribution is 0.0668. The van der Waals surface area contributed by atoms with Crippen LogP contribution in [0.1, 0.15) is 23.5 Å². The topological polar surface area (TPSA) is 54.2 Å². The minimum Gasteiger partial charge on any atom is -0.352 e. The van der Waals surface area contributed by atoms with Gasteiger partial charge in [-0.2, -0.15) is 8.78 Å². The van der Waals surface area contributed by atoms with E-state index < -0.39 is 6.55 Å². The molecule has 1 aromatic heterocycles. The van der Waals surface area contributed by atoms with Crippen LogP contribution in [0, 0.1) is 6.92 Å². The van der Waals surface area contributed by atoms with Crippen molar-refractivity contribution in [3.63, 3.8) is 0 Å². The molecule has 1 aromatic carbocycles. The molecule has 1 heterocycles. The lowest BCUT2D eigenvalue weighted by Crippen LogP contribution is -2.37. The van der Waals surface area contributed by atoms with Crippen LogP contribution in [-0.4, -0.2) is 22.6 Å².